The Bertz CT molecular complexity index is 811. The first kappa shape index (κ1) is 15.1. The van der Waals surface area contributed by atoms with Crippen LogP contribution in [0.1, 0.15) is 10.4 Å². The predicted molar refractivity (Wildman–Crippen MR) is 63.9 cm³/mol. The Morgan fingerprint density at radius 3 is 2.29 bits per heavy atom. The van der Waals surface area contributed by atoms with Crippen LogP contribution in [0.3, 0.4) is 0 Å². The summed E-state index contributed by atoms with van der Waals surface area (Å²) in [4.78, 5) is 10.9. The van der Waals surface area contributed by atoms with Gasteiger partial charge in [-0.05, 0) is 11.5 Å². The van der Waals surface area contributed by atoms with Crippen molar-refractivity contribution < 1.29 is 35.7 Å². The molecule has 0 aliphatic carbocycles. The molecule has 9 heteroatoms. The van der Waals surface area contributed by atoms with Gasteiger partial charge in [0.1, 0.15) is 0 Å². The van der Waals surface area contributed by atoms with Gasteiger partial charge in [0.15, 0.2) is 5.75 Å². The number of hydrogen-bond acceptors (Lipinski definition) is 5. The highest BCUT2D eigenvalue weighted by Gasteiger charge is 2.49. The fourth-order valence-corrected chi connectivity index (χ4v) is 2.14. The van der Waals surface area contributed by atoms with E-state index < -0.39 is 32.9 Å². The Hall–Kier alpha value is -2.29. The SMILES string of the molecule is O=C([O-])c1ccc2ccccc2c1OS(=O)(=O)C(F)(F)F. The third-order valence-electron chi connectivity index (χ3n) is 2.58. The second kappa shape index (κ2) is 4.92. The van der Waals surface area contributed by atoms with Crippen molar-refractivity contribution in [3.8, 4) is 5.75 Å². The number of aromatic carboxylic acids is 1. The van der Waals surface area contributed by atoms with E-state index in [0.29, 0.717) is 5.39 Å². The van der Waals surface area contributed by atoms with Crippen molar-refractivity contribution in [2.75, 3.05) is 0 Å². The highest BCUT2D eigenvalue weighted by molar-refractivity contribution is 7.88. The van der Waals surface area contributed by atoms with Crippen molar-refractivity contribution in [1.29, 1.82) is 0 Å². The topological polar surface area (TPSA) is 83.5 Å². The molecule has 0 amide bonds. The lowest BCUT2D eigenvalue weighted by atomic mass is 10.1. The van der Waals surface area contributed by atoms with Crippen LogP contribution in [-0.2, 0) is 10.1 Å². The smallest absolute Gasteiger partial charge is 0.534 e. The van der Waals surface area contributed by atoms with Crippen molar-refractivity contribution >= 4 is 26.9 Å². The lowest BCUT2D eigenvalue weighted by Crippen LogP contribution is -2.30. The van der Waals surface area contributed by atoms with E-state index in [4.69, 9.17) is 0 Å². The number of hydrogen-bond donors (Lipinski definition) is 0. The average molecular weight is 319 g/mol. The molecule has 2 aromatic carbocycles. The molecule has 0 fully saturated rings. The van der Waals surface area contributed by atoms with Crippen LogP contribution in [0, 0.1) is 0 Å². The zero-order valence-electron chi connectivity index (χ0n) is 10.0. The first-order valence-corrected chi connectivity index (χ1v) is 6.78. The van der Waals surface area contributed by atoms with E-state index in [9.17, 15) is 31.5 Å². The van der Waals surface area contributed by atoms with Gasteiger partial charge in [0, 0.05) is 10.9 Å². The van der Waals surface area contributed by atoms with E-state index >= 15 is 0 Å². The van der Waals surface area contributed by atoms with Crippen LogP contribution in [0.15, 0.2) is 36.4 Å². The molecule has 0 heterocycles. The molecule has 0 unspecified atom stereocenters. The third-order valence-corrected chi connectivity index (χ3v) is 3.53. The summed E-state index contributed by atoms with van der Waals surface area (Å²) in [6, 6.07) is 7.86. The van der Waals surface area contributed by atoms with Gasteiger partial charge in [-0.15, -0.1) is 0 Å². The quantitative estimate of drug-likeness (QED) is 0.631. The average Bonchev–Trinajstić information content (AvgIpc) is 2.37. The number of carboxylic acid groups (broad SMARTS) is 1. The van der Waals surface area contributed by atoms with Crippen LogP contribution in [0.4, 0.5) is 13.2 Å². The zero-order valence-corrected chi connectivity index (χ0v) is 10.9. The predicted octanol–water partition coefficient (Wildman–Crippen LogP) is 1.43. The zero-order chi connectivity index (χ0) is 15.8. The maximum Gasteiger partial charge on any atom is 0.534 e. The van der Waals surface area contributed by atoms with Crippen molar-refractivity contribution in [2.24, 2.45) is 0 Å². The fraction of sp³-hybridized carbons (Fsp3) is 0.0833. The lowest BCUT2D eigenvalue weighted by molar-refractivity contribution is -0.255. The summed E-state index contributed by atoms with van der Waals surface area (Å²) in [6.45, 7) is 0. The molecule has 2 rings (SSSR count). The van der Waals surface area contributed by atoms with Gasteiger partial charge < -0.3 is 14.1 Å². The number of carbonyl (C=O) groups excluding carboxylic acids is 1. The Balaban J connectivity index is 2.72. The summed E-state index contributed by atoms with van der Waals surface area (Å²) < 4.78 is 63.3. The van der Waals surface area contributed by atoms with E-state index in [1.807, 2.05) is 0 Å². The molecule has 0 saturated heterocycles. The molecule has 2 aromatic rings. The van der Waals surface area contributed by atoms with Gasteiger partial charge >= 0.3 is 15.6 Å². The first-order chi connectivity index (χ1) is 9.63. The maximum atomic E-state index is 12.4. The number of halogens is 3. The van der Waals surface area contributed by atoms with Gasteiger partial charge in [0.2, 0.25) is 0 Å². The summed E-state index contributed by atoms with van der Waals surface area (Å²) in [5.41, 5.74) is -6.46. The van der Waals surface area contributed by atoms with Gasteiger partial charge in [-0.1, -0.05) is 30.3 Å². The maximum absolute atomic E-state index is 12.4. The number of carboxylic acids is 1. The largest absolute Gasteiger partial charge is 0.545 e. The number of rotatable bonds is 3. The molecule has 0 saturated carbocycles. The standard InChI is InChI=1S/C12H7F3O5S/c13-12(14,15)21(18,19)20-10-8-4-2-1-3-7(8)5-6-9(10)11(16)17/h1-6H,(H,16,17)/p-1. The van der Waals surface area contributed by atoms with Crippen molar-refractivity contribution in [3.05, 3.63) is 42.0 Å². The number of alkyl halides is 3. The second-order valence-electron chi connectivity index (χ2n) is 3.93. The van der Waals surface area contributed by atoms with Crippen LogP contribution >= 0.6 is 0 Å². The van der Waals surface area contributed by atoms with Crippen molar-refractivity contribution in [2.45, 2.75) is 5.51 Å². The highest BCUT2D eigenvalue weighted by Crippen LogP contribution is 2.34. The van der Waals surface area contributed by atoms with Crippen molar-refractivity contribution in [1.82, 2.24) is 0 Å². The van der Waals surface area contributed by atoms with Gasteiger partial charge in [0.25, 0.3) is 0 Å². The van der Waals surface area contributed by atoms with Gasteiger partial charge in [-0.25, -0.2) is 0 Å². The Morgan fingerprint density at radius 2 is 1.71 bits per heavy atom. The molecule has 0 aliphatic heterocycles. The van der Waals surface area contributed by atoms with E-state index in [0.717, 1.165) is 6.07 Å². The van der Waals surface area contributed by atoms with E-state index in [1.54, 1.807) is 6.07 Å². The molecule has 21 heavy (non-hydrogen) atoms. The number of carbonyl (C=O) groups is 1. The fourth-order valence-electron chi connectivity index (χ4n) is 1.65. The summed E-state index contributed by atoms with van der Waals surface area (Å²) in [6.07, 6.45) is 0. The van der Waals surface area contributed by atoms with Crippen LogP contribution in [0.5, 0.6) is 5.75 Å². The molecule has 0 bridgehead atoms. The number of benzene rings is 2. The molecular weight excluding hydrogens is 313 g/mol. The van der Waals surface area contributed by atoms with Gasteiger partial charge in [0.05, 0.1) is 5.97 Å². The summed E-state index contributed by atoms with van der Waals surface area (Å²) in [5.74, 6) is -2.78. The van der Waals surface area contributed by atoms with E-state index in [1.165, 1.54) is 24.3 Å². The molecule has 0 aliphatic rings. The normalized spacial score (nSPS) is 12.3. The molecule has 0 atom stereocenters. The Morgan fingerprint density at radius 1 is 1.10 bits per heavy atom. The van der Waals surface area contributed by atoms with Crippen LogP contribution < -0.4 is 9.29 Å². The minimum Gasteiger partial charge on any atom is -0.545 e. The third kappa shape index (κ3) is 2.77. The van der Waals surface area contributed by atoms with Crippen molar-refractivity contribution in [3.63, 3.8) is 0 Å². The summed E-state index contributed by atoms with van der Waals surface area (Å²) in [5, 5.41) is 11.2. The van der Waals surface area contributed by atoms with Gasteiger partial charge in [-0.3, -0.25) is 0 Å². The minimum atomic E-state index is -5.99. The first-order valence-electron chi connectivity index (χ1n) is 5.37. The highest BCUT2D eigenvalue weighted by atomic mass is 32.2. The summed E-state index contributed by atoms with van der Waals surface area (Å²) >= 11 is 0. The van der Waals surface area contributed by atoms with Crippen LogP contribution in [0.2, 0.25) is 0 Å². The number of fused-ring (bicyclic) bond motifs is 1. The molecule has 0 spiro atoms. The molecule has 112 valence electrons. The lowest BCUT2D eigenvalue weighted by Gasteiger charge is -2.15. The second-order valence-corrected chi connectivity index (χ2v) is 5.47. The minimum absolute atomic E-state index is 0.0907. The van der Waals surface area contributed by atoms with E-state index in [-0.39, 0.29) is 5.39 Å². The Kier molecular flexibility index (Phi) is 3.54. The monoisotopic (exact) mass is 319 g/mol. The summed E-state index contributed by atoms with van der Waals surface area (Å²) in [7, 11) is -5.99. The molecule has 0 radical (unpaired) electrons. The van der Waals surface area contributed by atoms with Crippen LogP contribution in [0.25, 0.3) is 10.8 Å². The van der Waals surface area contributed by atoms with Gasteiger partial charge in [-0.2, -0.15) is 21.6 Å². The van der Waals surface area contributed by atoms with Crippen LogP contribution in [-0.4, -0.2) is 19.9 Å². The molecule has 0 aromatic heterocycles. The van der Waals surface area contributed by atoms with E-state index in [2.05, 4.69) is 4.18 Å². The molecule has 0 N–H and O–H groups in total. The molecular formula is C12H6F3O5S-. The molecule has 5 nitrogen and oxygen atoms in total. The Labute approximate surface area is 116 Å².